The van der Waals surface area contributed by atoms with Gasteiger partial charge in [-0.15, -0.1) is 11.3 Å². The second-order valence-electron chi connectivity index (χ2n) is 4.75. The van der Waals surface area contributed by atoms with Crippen molar-refractivity contribution >= 4 is 27.3 Å². The minimum Gasteiger partial charge on any atom is -0.455 e. The lowest BCUT2D eigenvalue weighted by molar-refractivity contribution is 0.0469. The number of primary sulfonamides is 1. The van der Waals surface area contributed by atoms with E-state index in [1.165, 1.54) is 17.7 Å². The van der Waals surface area contributed by atoms with Gasteiger partial charge >= 0.3 is 5.97 Å². The molecule has 1 aromatic carbocycles. The number of carbonyl (C=O) groups excluding carboxylic acids is 1. The van der Waals surface area contributed by atoms with E-state index in [4.69, 9.17) is 14.3 Å². The van der Waals surface area contributed by atoms with Gasteiger partial charge in [-0.3, -0.25) is 0 Å². The standard InChI is InChI=1S/C15H12N2O5S2/c16-24(19,20)12-6-7-23-13(12)15(18)22-9-11-8-21-14(17-11)10-4-2-1-3-5-10/h1-8H,9H2,(H2,16,19,20). The minimum absolute atomic E-state index is 0.0655. The van der Waals surface area contributed by atoms with Gasteiger partial charge in [0.05, 0.1) is 0 Å². The Labute approximate surface area is 141 Å². The highest BCUT2D eigenvalue weighted by Crippen LogP contribution is 2.23. The van der Waals surface area contributed by atoms with Gasteiger partial charge in [-0.2, -0.15) is 0 Å². The zero-order valence-corrected chi connectivity index (χ0v) is 13.8. The molecule has 0 atom stereocenters. The molecule has 0 fully saturated rings. The van der Waals surface area contributed by atoms with Gasteiger partial charge < -0.3 is 9.15 Å². The third-order valence-corrected chi connectivity index (χ3v) is 5.02. The zero-order valence-electron chi connectivity index (χ0n) is 12.2. The van der Waals surface area contributed by atoms with Crippen LogP contribution in [0.1, 0.15) is 15.4 Å². The number of nitrogens with zero attached hydrogens (tertiary/aromatic N) is 1. The molecule has 2 N–H and O–H groups in total. The Morgan fingerprint density at radius 1 is 1.25 bits per heavy atom. The van der Waals surface area contributed by atoms with Crippen molar-refractivity contribution in [3.63, 3.8) is 0 Å². The zero-order chi connectivity index (χ0) is 17.2. The number of hydrogen-bond donors (Lipinski definition) is 1. The van der Waals surface area contributed by atoms with E-state index >= 15 is 0 Å². The second-order valence-corrected chi connectivity index (χ2v) is 7.19. The Bertz CT molecular complexity index is 961. The summed E-state index contributed by atoms with van der Waals surface area (Å²) in [6.07, 6.45) is 1.38. The molecule has 0 saturated carbocycles. The summed E-state index contributed by atoms with van der Waals surface area (Å²) in [5, 5.41) is 6.52. The smallest absolute Gasteiger partial charge is 0.350 e. The van der Waals surface area contributed by atoms with E-state index in [9.17, 15) is 13.2 Å². The second kappa shape index (κ2) is 6.56. The van der Waals surface area contributed by atoms with Crippen LogP contribution >= 0.6 is 11.3 Å². The third kappa shape index (κ3) is 3.53. The SMILES string of the molecule is NS(=O)(=O)c1ccsc1C(=O)OCc1coc(-c2ccccc2)n1. The van der Waals surface area contributed by atoms with Crippen molar-refractivity contribution in [1.82, 2.24) is 4.98 Å². The molecule has 3 aromatic rings. The molecule has 0 aliphatic rings. The number of carbonyl (C=O) groups is 1. The minimum atomic E-state index is -3.97. The number of sulfonamides is 1. The fourth-order valence-electron chi connectivity index (χ4n) is 1.96. The maximum Gasteiger partial charge on any atom is 0.350 e. The lowest BCUT2D eigenvalue weighted by Crippen LogP contribution is -2.15. The topological polar surface area (TPSA) is 112 Å². The van der Waals surface area contributed by atoms with Gasteiger partial charge in [0, 0.05) is 5.56 Å². The summed E-state index contributed by atoms with van der Waals surface area (Å²) in [6, 6.07) is 10.5. The molecule has 24 heavy (non-hydrogen) atoms. The molecule has 0 bridgehead atoms. The first kappa shape index (κ1) is 16.4. The first-order valence-corrected chi connectivity index (χ1v) is 9.15. The van der Waals surface area contributed by atoms with Crippen LogP contribution in [0.5, 0.6) is 0 Å². The number of ether oxygens (including phenoxy) is 1. The summed E-state index contributed by atoms with van der Waals surface area (Å²) in [4.78, 5) is 15.9. The van der Waals surface area contributed by atoms with Gasteiger partial charge in [0.15, 0.2) is 0 Å². The first-order chi connectivity index (χ1) is 11.4. The molecule has 2 heterocycles. The lowest BCUT2D eigenvalue weighted by Gasteiger charge is -2.02. The Morgan fingerprint density at radius 3 is 2.71 bits per heavy atom. The summed E-state index contributed by atoms with van der Waals surface area (Å²) in [7, 11) is -3.97. The van der Waals surface area contributed by atoms with E-state index in [-0.39, 0.29) is 16.4 Å². The van der Waals surface area contributed by atoms with E-state index in [0.29, 0.717) is 11.6 Å². The average molecular weight is 364 g/mol. The lowest BCUT2D eigenvalue weighted by atomic mass is 10.2. The van der Waals surface area contributed by atoms with Gasteiger partial charge in [-0.25, -0.2) is 23.3 Å². The molecule has 0 spiro atoms. The number of esters is 1. The van der Waals surface area contributed by atoms with Gasteiger partial charge in [0.2, 0.25) is 15.9 Å². The molecule has 3 rings (SSSR count). The van der Waals surface area contributed by atoms with Gasteiger partial charge in [0.1, 0.15) is 28.3 Å². The number of thiophene rings is 1. The molecule has 0 saturated heterocycles. The average Bonchev–Trinajstić information content (AvgIpc) is 3.22. The maximum absolute atomic E-state index is 12.0. The summed E-state index contributed by atoms with van der Waals surface area (Å²) in [5.41, 5.74) is 1.21. The molecular weight excluding hydrogens is 352 g/mol. The quantitative estimate of drug-likeness (QED) is 0.696. The first-order valence-electron chi connectivity index (χ1n) is 6.72. The summed E-state index contributed by atoms with van der Waals surface area (Å²) < 4.78 is 33.2. The number of rotatable bonds is 5. The predicted octanol–water partition coefficient (Wildman–Crippen LogP) is 2.41. The normalized spacial score (nSPS) is 11.4. The largest absolute Gasteiger partial charge is 0.455 e. The van der Waals surface area contributed by atoms with Crippen LogP contribution < -0.4 is 5.14 Å². The number of hydrogen-bond acceptors (Lipinski definition) is 7. The van der Waals surface area contributed by atoms with E-state index in [1.807, 2.05) is 30.3 Å². The molecule has 0 aliphatic heterocycles. The van der Waals surface area contributed by atoms with E-state index in [1.54, 1.807) is 0 Å². The third-order valence-electron chi connectivity index (χ3n) is 3.04. The number of oxazole rings is 1. The summed E-state index contributed by atoms with van der Waals surface area (Å²) in [5.74, 6) is -0.374. The Balaban J connectivity index is 1.70. The number of aromatic nitrogens is 1. The van der Waals surface area contributed by atoms with Crippen LogP contribution in [-0.2, 0) is 21.4 Å². The van der Waals surface area contributed by atoms with Crippen molar-refractivity contribution in [2.45, 2.75) is 11.5 Å². The Morgan fingerprint density at radius 2 is 2.00 bits per heavy atom. The van der Waals surface area contributed by atoms with Crippen molar-refractivity contribution in [1.29, 1.82) is 0 Å². The molecule has 0 amide bonds. The van der Waals surface area contributed by atoms with Crippen molar-refractivity contribution in [2.24, 2.45) is 5.14 Å². The van der Waals surface area contributed by atoms with Crippen molar-refractivity contribution in [3.8, 4) is 11.5 Å². The number of nitrogens with two attached hydrogens (primary N) is 1. The van der Waals surface area contributed by atoms with E-state index in [2.05, 4.69) is 4.98 Å². The summed E-state index contributed by atoms with van der Waals surface area (Å²) in [6.45, 7) is -0.142. The molecule has 7 nitrogen and oxygen atoms in total. The molecule has 0 aliphatic carbocycles. The highest BCUT2D eigenvalue weighted by Gasteiger charge is 2.22. The van der Waals surface area contributed by atoms with E-state index < -0.39 is 16.0 Å². The van der Waals surface area contributed by atoms with Crippen LogP contribution in [-0.4, -0.2) is 19.4 Å². The highest BCUT2D eigenvalue weighted by atomic mass is 32.2. The van der Waals surface area contributed by atoms with Crippen LogP contribution in [0.2, 0.25) is 0 Å². The fraction of sp³-hybridized carbons (Fsp3) is 0.0667. The van der Waals surface area contributed by atoms with Crippen LogP contribution in [0, 0.1) is 0 Å². The van der Waals surface area contributed by atoms with E-state index in [0.717, 1.165) is 16.9 Å². The highest BCUT2D eigenvalue weighted by molar-refractivity contribution is 7.89. The molecule has 124 valence electrons. The van der Waals surface area contributed by atoms with Crippen LogP contribution in [0.25, 0.3) is 11.5 Å². The van der Waals surface area contributed by atoms with Gasteiger partial charge in [-0.05, 0) is 23.6 Å². The number of benzene rings is 1. The maximum atomic E-state index is 12.0. The fourth-order valence-corrected chi connectivity index (χ4v) is 3.82. The monoisotopic (exact) mass is 364 g/mol. The van der Waals surface area contributed by atoms with Gasteiger partial charge in [-0.1, -0.05) is 18.2 Å². The van der Waals surface area contributed by atoms with Crippen LogP contribution in [0.15, 0.2) is 57.4 Å². The molecular formula is C15H12N2O5S2. The van der Waals surface area contributed by atoms with Crippen molar-refractivity contribution in [3.05, 3.63) is 58.6 Å². The molecule has 2 aromatic heterocycles. The molecule has 0 unspecified atom stereocenters. The Hall–Kier alpha value is -2.49. The van der Waals surface area contributed by atoms with Crippen molar-refractivity contribution < 1.29 is 22.4 Å². The van der Waals surface area contributed by atoms with Crippen LogP contribution in [0.4, 0.5) is 0 Å². The predicted molar refractivity (Wildman–Crippen MR) is 86.8 cm³/mol. The molecule has 9 heteroatoms. The van der Waals surface area contributed by atoms with Crippen LogP contribution in [0.3, 0.4) is 0 Å². The Kier molecular flexibility index (Phi) is 4.47. The van der Waals surface area contributed by atoms with Crippen molar-refractivity contribution in [2.75, 3.05) is 0 Å². The van der Waals surface area contributed by atoms with Gasteiger partial charge in [0.25, 0.3) is 0 Å². The summed E-state index contributed by atoms with van der Waals surface area (Å²) >= 11 is 0.944. The molecule has 0 radical (unpaired) electrons.